The molecule has 4 N–H and O–H groups in total. The molecular formula is C17H30O8. The van der Waals surface area contributed by atoms with Gasteiger partial charge in [-0.05, 0) is 25.7 Å². The second kappa shape index (κ2) is 18.2. The van der Waals surface area contributed by atoms with Crippen molar-refractivity contribution in [2.45, 2.75) is 83.5 Å². The zero-order chi connectivity index (χ0) is 19.5. The lowest BCUT2D eigenvalue weighted by Gasteiger charge is -1.97. The van der Waals surface area contributed by atoms with E-state index < -0.39 is 23.9 Å². The standard InChI is InChI=1S/C9H16O4.C8H14O4/c10-8(11)6-4-2-1-3-5-7-9(12)13;9-7(10)5-3-1-2-4-6-8(11)12/h1-7H2,(H,10,11)(H,12,13);1-6H2,(H,9,10)(H,11,12). The van der Waals surface area contributed by atoms with Gasteiger partial charge in [-0.3, -0.25) is 19.2 Å². The van der Waals surface area contributed by atoms with Gasteiger partial charge in [0, 0.05) is 25.7 Å². The number of carbonyl (C=O) groups is 4. The van der Waals surface area contributed by atoms with Crippen molar-refractivity contribution in [1.82, 2.24) is 0 Å². The van der Waals surface area contributed by atoms with Gasteiger partial charge in [0.15, 0.2) is 0 Å². The summed E-state index contributed by atoms with van der Waals surface area (Å²) in [6.07, 6.45) is 7.81. The van der Waals surface area contributed by atoms with Crippen molar-refractivity contribution in [1.29, 1.82) is 0 Å². The van der Waals surface area contributed by atoms with Crippen LogP contribution in [0.25, 0.3) is 0 Å². The third-order valence-electron chi connectivity index (χ3n) is 3.31. The van der Waals surface area contributed by atoms with Crippen LogP contribution in [-0.4, -0.2) is 44.3 Å². The van der Waals surface area contributed by atoms with Gasteiger partial charge in [0.2, 0.25) is 0 Å². The van der Waals surface area contributed by atoms with Crippen LogP contribution < -0.4 is 0 Å². The first-order valence-corrected chi connectivity index (χ1v) is 8.63. The smallest absolute Gasteiger partial charge is 0.303 e. The van der Waals surface area contributed by atoms with Gasteiger partial charge in [0.05, 0.1) is 0 Å². The van der Waals surface area contributed by atoms with E-state index in [1.54, 1.807) is 0 Å². The molecule has 0 rings (SSSR count). The number of unbranched alkanes of at least 4 members (excludes halogenated alkanes) is 7. The summed E-state index contributed by atoms with van der Waals surface area (Å²) in [6.45, 7) is 0. The summed E-state index contributed by atoms with van der Waals surface area (Å²) in [6, 6.07) is 0. The van der Waals surface area contributed by atoms with E-state index in [1.165, 1.54) is 0 Å². The summed E-state index contributed by atoms with van der Waals surface area (Å²) in [7, 11) is 0. The highest BCUT2D eigenvalue weighted by molar-refractivity contribution is 5.67. The highest BCUT2D eigenvalue weighted by Crippen LogP contribution is 2.07. The van der Waals surface area contributed by atoms with Crippen LogP contribution in [0.2, 0.25) is 0 Å². The van der Waals surface area contributed by atoms with Gasteiger partial charge in [-0.2, -0.15) is 0 Å². The SMILES string of the molecule is O=C(O)CCCCCCC(=O)O.O=C(O)CCCCCCCC(=O)O. The van der Waals surface area contributed by atoms with E-state index in [9.17, 15) is 19.2 Å². The summed E-state index contributed by atoms with van der Waals surface area (Å²) in [5, 5.41) is 33.2. The molecular weight excluding hydrogens is 332 g/mol. The Morgan fingerprint density at radius 2 is 0.520 bits per heavy atom. The van der Waals surface area contributed by atoms with E-state index in [1.807, 2.05) is 0 Å². The lowest BCUT2D eigenvalue weighted by atomic mass is 10.1. The first kappa shape index (κ1) is 25.1. The molecule has 0 atom stereocenters. The molecule has 0 aromatic rings. The molecule has 0 unspecified atom stereocenters. The minimum absolute atomic E-state index is 0.188. The molecule has 0 saturated heterocycles. The third kappa shape index (κ3) is 30.3. The van der Waals surface area contributed by atoms with E-state index >= 15 is 0 Å². The molecule has 8 heteroatoms. The normalized spacial score (nSPS) is 9.76. The van der Waals surface area contributed by atoms with Crippen LogP contribution in [0.5, 0.6) is 0 Å². The molecule has 0 bridgehead atoms. The van der Waals surface area contributed by atoms with Crippen LogP contribution >= 0.6 is 0 Å². The van der Waals surface area contributed by atoms with Crippen LogP contribution in [-0.2, 0) is 19.2 Å². The predicted octanol–water partition coefficient (Wildman–Crippen LogP) is 3.38. The summed E-state index contributed by atoms with van der Waals surface area (Å²) < 4.78 is 0. The minimum Gasteiger partial charge on any atom is -0.481 e. The van der Waals surface area contributed by atoms with E-state index in [2.05, 4.69) is 0 Å². The molecule has 0 radical (unpaired) electrons. The van der Waals surface area contributed by atoms with E-state index in [-0.39, 0.29) is 25.7 Å². The molecule has 146 valence electrons. The Morgan fingerprint density at radius 1 is 0.360 bits per heavy atom. The molecule has 0 heterocycles. The number of carboxylic acids is 4. The quantitative estimate of drug-likeness (QED) is 0.324. The monoisotopic (exact) mass is 362 g/mol. The average Bonchev–Trinajstić information content (AvgIpc) is 2.49. The second-order valence-electron chi connectivity index (χ2n) is 5.76. The number of hydrogen-bond acceptors (Lipinski definition) is 4. The van der Waals surface area contributed by atoms with E-state index in [0.717, 1.165) is 32.1 Å². The molecule has 8 nitrogen and oxygen atoms in total. The number of aliphatic carboxylic acids is 4. The maximum atomic E-state index is 10.1. The van der Waals surface area contributed by atoms with Crippen molar-refractivity contribution in [3.63, 3.8) is 0 Å². The van der Waals surface area contributed by atoms with Crippen LogP contribution in [0.1, 0.15) is 83.5 Å². The van der Waals surface area contributed by atoms with Crippen LogP contribution in [0.4, 0.5) is 0 Å². The highest BCUT2D eigenvalue weighted by atomic mass is 16.4. The van der Waals surface area contributed by atoms with Crippen LogP contribution in [0.15, 0.2) is 0 Å². The Kier molecular flexibility index (Phi) is 18.3. The van der Waals surface area contributed by atoms with E-state index in [0.29, 0.717) is 25.7 Å². The summed E-state index contributed by atoms with van der Waals surface area (Å²) in [5.41, 5.74) is 0. The predicted molar refractivity (Wildman–Crippen MR) is 90.6 cm³/mol. The Morgan fingerprint density at radius 3 is 0.680 bits per heavy atom. The maximum absolute atomic E-state index is 10.1. The Bertz CT molecular complexity index is 356. The van der Waals surface area contributed by atoms with Crippen LogP contribution in [0.3, 0.4) is 0 Å². The highest BCUT2D eigenvalue weighted by Gasteiger charge is 1.99. The van der Waals surface area contributed by atoms with Crippen molar-refractivity contribution >= 4 is 23.9 Å². The zero-order valence-corrected chi connectivity index (χ0v) is 14.6. The molecule has 0 amide bonds. The molecule has 25 heavy (non-hydrogen) atoms. The first-order chi connectivity index (χ1) is 11.8. The first-order valence-electron chi connectivity index (χ1n) is 8.63. The molecule has 0 saturated carbocycles. The molecule has 0 aliphatic rings. The summed E-state index contributed by atoms with van der Waals surface area (Å²) in [4.78, 5) is 40.3. The molecule has 0 aliphatic heterocycles. The molecule has 0 aromatic heterocycles. The Labute approximate surface area is 147 Å². The van der Waals surface area contributed by atoms with Gasteiger partial charge in [-0.15, -0.1) is 0 Å². The fourth-order valence-electron chi connectivity index (χ4n) is 1.99. The fraction of sp³-hybridized carbons (Fsp3) is 0.765. The number of rotatable bonds is 15. The van der Waals surface area contributed by atoms with Gasteiger partial charge >= 0.3 is 23.9 Å². The van der Waals surface area contributed by atoms with Gasteiger partial charge in [-0.25, -0.2) is 0 Å². The zero-order valence-electron chi connectivity index (χ0n) is 14.6. The van der Waals surface area contributed by atoms with E-state index in [4.69, 9.17) is 20.4 Å². The van der Waals surface area contributed by atoms with Crippen molar-refractivity contribution in [2.24, 2.45) is 0 Å². The largest absolute Gasteiger partial charge is 0.481 e. The molecule has 0 aromatic carbocycles. The molecule has 0 spiro atoms. The summed E-state index contributed by atoms with van der Waals surface area (Å²) in [5.74, 6) is -3.09. The summed E-state index contributed by atoms with van der Waals surface area (Å²) >= 11 is 0. The number of carboxylic acid groups (broad SMARTS) is 4. The topological polar surface area (TPSA) is 149 Å². The molecule has 0 aliphatic carbocycles. The lowest BCUT2D eigenvalue weighted by Crippen LogP contribution is -1.95. The minimum atomic E-state index is -0.784. The Balaban J connectivity index is 0. The second-order valence-corrected chi connectivity index (χ2v) is 5.76. The van der Waals surface area contributed by atoms with Gasteiger partial charge in [0.25, 0.3) is 0 Å². The maximum Gasteiger partial charge on any atom is 0.303 e. The third-order valence-corrected chi connectivity index (χ3v) is 3.31. The average molecular weight is 362 g/mol. The van der Waals surface area contributed by atoms with Gasteiger partial charge in [-0.1, -0.05) is 32.1 Å². The van der Waals surface area contributed by atoms with Crippen molar-refractivity contribution in [3.05, 3.63) is 0 Å². The van der Waals surface area contributed by atoms with Crippen molar-refractivity contribution in [3.8, 4) is 0 Å². The molecule has 0 fully saturated rings. The van der Waals surface area contributed by atoms with Crippen molar-refractivity contribution < 1.29 is 39.6 Å². The lowest BCUT2D eigenvalue weighted by molar-refractivity contribution is -0.138. The Hall–Kier alpha value is -2.12. The van der Waals surface area contributed by atoms with Gasteiger partial charge in [0.1, 0.15) is 0 Å². The number of hydrogen-bond donors (Lipinski definition) is 4. The fourth-order valence-corrected chi connectivity index (χ4v) is 1.99. The van der Waals surface area contributed by atoms with Gasteiger partial charge < -0.3 is 20.4 Å². The van der Waals surface area contributed by atoms with Crippen LogP contribution in [0, 0.1) is 0 Å². The van der Waals surface area contributed by atoms with Crippen molar-refractivity contribution in [2.75, 3.05) is 0 Å².